The maximum absolute atomic E-state index is 5.32. The third-order valence-electron chi connectivity index (χ3n) is 1.24. The molecule has 0 amide bonds. The van der Waals surface area contributed by atoms with E-state index in [0.29, 0.717) is 0 Å². The highest BCUT2D eigenvalue weighted by atomic mass is 28.2. The first kappa shape index (κ1) is 10.4. The average Bonchev–Trinajstić information content (AvgIpc) is 1.97. The van der Waals surface area contributed by atoms with Crippen LogP contribution < -0.4 is 0 Å². The molecule has 0 atom stereocenters. The molecule has 0 aromatic rings. The summed E-state index contributed by atoms with van der Waals surface area (Å²) >= 11 is 0. The first-order valence-corrected chi connectivity index (χ1v) is 7.22. The molecule has 0 aromatic carbocycles. The van der Waals surface area contributed by atoms with Gasteiger partial charge in [0.1, 0.15) is 0 Å². The number of hydrogen-bond donors (Lipinski definition) is 0. The van der Waals surface area contributed by atoms with Crippen molar-refractivity contribution in [2.45, 2.75) is 25.9 Å². The predicted molar refractivity (Wildman–Crippen MR) is 50.0 cm³/mol. The van der Waals surface area contributed by atoms with E-state index in [4.69, 9.17) is 8.85 Å². The van der Waals surface area contributed by atoms with Crippen molar-refractivity contribution in [3.8, 4) is 0 Å². The molecule has 0 saturated heterocycles. The molecule has 0 unspecified atom stereocenters. The molecule has 10 heavy (non-hydrogen) atoms. The molecular formula is C6H18O2Si2. The highest BCUT2D eigenvalue weighted by Gasteiger charge is 1.89. The van der Waals surface area contributed by atoms with E-state index in [1.54, 1.807) is 0 Å². The van der Waals surface area contributed by atoms with Gasteiger partial charge >= 0.3 is 0 Å². The van der Waals surface area contributed by atoms with Crippen molar-refractivity contribution in [2.75, 3.05) is 13.2 Å². The maximum atomic E-state index is 5.32. The summed E-state index contributed by atoms with van der Waals surface area (Å²) in [6.45, 7) is 5.94. The first-order valence-electron chi connectivity index (χ1n) is 4.07. The van der Waals surface area contributed by atoms with E-state index in [9.17, 15) is 0 Å². The zero-order valence-electron chi connectivity index (χ0n) is 7.06. The molecule has 0 aliphatic rings. The Balaban J connectivity index is 2.65. The fourth-order valence-corrected chi connectivity index (χ4v) is 3.32. The molecule has 0 aliphatic heterocycles. The van der Waals surface area contributed by atoms with Gasteiger partial charge in [-0.1, -0.05) is 0 Å². The molecular weight excluding hydrogens is 160 g/mol. The van der Waals surface area contributed by atoms with E-state index in [1.807, 2.05) is 0 Å². The smallest absolute Gasteiger partial charge is 0.161 e. The lowest BCUT2D eigenvalue weighted by atomic mass is 10.9. The fraction of sp³-hybridized carbons (Fsp3) is 1.00. The second kappa shape index (κ2) is 9.35. The van der Waals surface area contributed by atoms with Gasteiger partial charge in [0.15, 0.2) is 19.5 Å². The molecule has 4 heteroatoms. The van der Waals surface area contributed by atoms with Crippen LogP contribution in [0, 0.1) is 0 Å². The summed E-state index contributed by atoms with van der Waals surface area (Å²) < 4.78 is 10.6. The van der Waals surface area contributed by atoms with Crippen molar-refractivity contribution in [2.24, 2.45) is 0 Å². The third kappa shape index (κ3) is 8.35. The highest BCUT2D eigenvalue weighted by molar-refractivity contribution is 6.34. The summed E-state index contributed by atoms with van der Waals surface area (Å²) in [5, 5.41) is 0. The third-order valence-corrected chi connectivity index (χ3v) is 5.21. The Morgan fingerprint density at radius 3 is 1.60 bits per heavy atom. The van der Waals surface area contributed by atoms with E-state index in [1.165, 1.54) is 12.1 Å². The fourth-order valence-electron chi connectivity index (χ4n) is 0.697. The van der Waals surface area contributed by atoms with Crippen LogP contribution in [0.5, 0.6) is 0 Å². The summed E-state index contributed by atoms with van der Waals surface area (Å²) in [6, 6.07) is 2.64. The van der Waals surface area contributed by atoms with Crippen LogP contribution in [0.15, 0.2) is 0 Å². The summed E-state index contributed by atoms with van der Waals surface area (Å²) in [4.78, 5) is 0. The van der Waals surface area contributed by atoms with Gasteiger partial charge in [0.2, 0.25) is 0 Å². The zero-order chi connectivity index (χ0) is 7.66. The average molecular weight is 178 g/mol. The highest BCUT2D eigenvalue weighted by Crippen LogP contribution is 1.89. The summed E-state index contributed by atoms with van der Waals surface area (Å²) in [6.07, 6.45) is 0. The van der Waals surface area contributed by atoms with Crippen LogP contribution in [-0.4, -0.2) is 32.7 Å². The van der Waals surface area contributed by atoms with Crippen LogP contribution in [0.3, 0.4) is 0 Å². The Labute approximate surface area is 68.2 Å². The van der Waals surface area contributed by atoms with Gasteiger partial charge in [-0.25, -0.2) is 0 Å². The van der Waals surface area contributed by atoms with Crippen LogP contribution in [-0.2, 0) is 8.85 Å². The molecule has 0 fully saturated rings. The lowest BCUT2D eigenvalue weighted by Gasteiger charge is -1.99. The molecule has 0 aromatic heterocycles. The van der Waals surface area contributed by atoms with Crippen LogP contribution in [0.2, 0.25) is 12.1 Å². The lowest BCUT2D eigenvalue weighted by Crippen LogP contribution is -2.02. The molecule has 0 heterocycles. The Kier molecular flexibility index (Phi) is 9.68. The molecule has 0 aliphatic carbocycles. The molecule has 0 N–H and O–H groups in total. The molecule has 0 spiro atoms. The van der Waals surface area contributed by atoms with Gasteiger partial charge in [-0.05, 0) is 25.9 Å². The monoisotopic (exact) mass is 178 g/mol. The van der Waals surface area contributed by atoms with E-state index in [-0.39, 0.29) is 19.5 Å². The van der Waals surface area contributed by atoms with Crippen molar-refractivity contribution in [3.63, 3.8) is 0 Å². The number of hydrogen-bond acceptors (Lipinski definition) is 2. The van der Waals surface area contributed by atoms with E-state index in [0.717, 1.165) is 13.2 Å². The van der Waals surface area contributed by atoms with Crippen molar-refractivity contribution >= 4 is 19.5 Å². The Morgan fingerprint density at radius 1 is 0.900 bits per heavy atom. The van der Waals surface area contributed by atoms with Crippen molar-refractivity contribution < 1.29 is 8.85 Å². The maximum Gasteiger partial charge on any atom is 0.161 e. The van der Waals surface area contributed by atoms with Gasteiger partial charge in [0.05, 0.1) is 0 Å². The van der Waals surface area contributed by atoms with Gasteiger partial charge in [-0.2, -0.15) is 0 Å². The quantitative estimate of drug-likeness (QED) is 0.406. The van der Waals surface area contributed by atoms with Crippen LogP contribution in [0.25, 0.3) is 0 Å². The molecule has 0 bridgehead atoms. The topological polar surface area (TPSA) is 18.5 Å². The predicted octanol–water partition coefficient (Wildman–Crippen LogP) is 0.0636. The van der Waals surface area contributed by atoms with Crippen LogP contribution in [0.1, 0.15) is 13.8 Å². The Bertz CT molecular complexity index is 53.7. The minimum Gasteiger partial charge on any atom is -0.424 e. The Morgan fingerprint density at radius 2 is 1.30 bits per heavy atom. The normalized spacial score (nSPS) is 12.6. The lowest BCUT2D eigenvalue weighted by molar-refractivity contribution is 0.354. The molecule has 0 radical (unpaired) electrons. The van der Waals surface area contributed by atoms with Gasteiger partial charge in [0.25, 0.3) is 0 Å². The second-order valence-electron chi connectivity index (χ2n) is 2.10. The summed E-state index contributed by atoms with van der Waals surface area (Å²) in [7, 11) is -0.324. The largest absolute Gasteiger partial charge is 0.424 e. The van der Waals surface area contributed by atoms with Crippen LogP contribution >= 0.6 is 0 Å². The van der Waals surface area contributed by atoms with Crippen molar-refractivity contribution in [1.82, 2.24) is 0 Å². The first-order chi connectivity index (χ1) is 4.91. The van der Waals surface area contributed by atoms with Crippen molar-refractivity contribution in [3.05, 3.63) is 0 Å². The summed E-state index contributed by atoms with van der Waals surface area (Å²) in [5.74, 6) is 0. The van der Waals surface area contributed by atoms with E-state index in [2.05, 4.69) is 13.8 Å². The van der Waals surface area contributed by atoms with Gasteiger partial charge < -0.3 is 8.85 Å². The number of rotatable bonds is 7. The van der Waals surface area contributed by atoms with Gasteiger partial charge in [-0.3, -0.25) is 0 Å². The SMILES string of the molecule is CCO[SiH2]CC[SiH2]OCC. The minimum absolute atomic E-state index is 0.162. The summed E-state index contributed by atoms with van der Waals surface area (Å²) in [5.41, 5.74) is 0. The Hall–Kier alpha value is 0.354. The molecule has 0 rings (SSSR count). The van der Waals surface area contributed by atoms with Crippen molar-refractivity contribution in [1.29, 1.82) is 0 Å². The minimum atomic E-state index is -0.162. The standard InChI is InChI=1S/C6H18O2Si2/c1-3-7-9-5-6-10-8-4-2/h3-6,9-10H2,1-2H3. The van der Waals surface area contributed by atoms with Gasteiger partial charge in [0, 0.05) is 13.2 Å². The molecule has 2 nitrogen and oxygen atoms in total. The molecule has 0 saturated carbocycles. The zero-order valence-corrected chi connectivity index (χ0v) is 9.89. The van der Waals surface area contributed by atoms with E-state index < -0.39 is 0 Å². The molecule has 62 valence electrons. The van der Waals surface area contributed by atoms with Crippen LogP contribution in [0.4, 0.5) is 0 Å². The van der Waals surface area contributed by atoms with E-state index >= 15 is 0 Å². The van der Waals surface area contributed by atoms with Gasteiger partial charge in [-0.15, -0.1) is 0 Å². The second-order valence-corrected chi connectivity index (χ2v) is 5.15.